The van der Waals surface area contributed by atoms with Gasteiger partial charge in [-0.3, -0.25) is 29.9 Å². The van der Waals surface area contributed by atoms with Crippen molar-refractivity contribution in [3.05, 3.63) is 56.9 Å². The van der Waals surface area contributed by atoms with Gasteiger partial charge in [-0.1, -0.05) is 12.8 Å². The number of benzene rings is 1. The first-order valence-electron chi connectivity index (χ1n) is 10.6. The minimum atomic E-state index is -0.725. The van der Waals surface area contributed by atoms with E-state index in [4.69, 9.17) is 4.74 Å². The first kappa shape index (κ1) is 22.3. The van der Waals surface area contributed by atoms with Gasteiger partial charge in [0.2, 0.25) is 0 Å². The molecule has 2 aromatic rings. The zero-order valence-corrected chi connectivity index (χ0v) is 18.6. The van der Waals surface area contributed by atoms with Crippen LogP contribution in [0.1, 0.15) is 42.6 Å². The normalized spacial score (nSPS) is 18.2. The summed E-state index contributed by atoms with van der Waals surface area (Å²) in [4.78, 5) is 49.7. The van der Waals surface area contributed by atoms with Crippen LogP contribution in [0.15, 0.2) is 29.8 Å². The highest BCUT2D eigenvalue weighted by Gasteiger charge is 2.40. The van der Waals surface area contributed by atoms with Crippen molar-refractivity contribution in [3.8, 4) is 11.4 Å². The summed E-state index contributed by atoms with van der Waals surface area (Å²) >= 11 is 0. The molecule has 2 heterocycles. The van der Waals surface area contributed by atoms with Crippen LogP contribution >= 0.6 is 0 Å². The van der Waals surface area contributed by atoms with Gasteiger partial charge in [-0.2, -0.15) is 0 Å². The number of barbiturate groups is 1. The molecule has 10 heteroatoms. The zero-order chi connectivity index (χ0) is 23.9. The molecule has 1 aliphatic carbocycles. The summed E-state index contributed by atoms with van der Waals surface area (Å²) in [6.07, 6.45) is 4.83. The summed E-state index contributed by atoms with van der Waals surface area (Å²) in [7, 11) is 1.43. The van der Waals surface area contributed by atoms with Crippen LogP contribution in [0.2, 0.25) is 0 Å². The lowest BCUT2D eigenvalue weighted by Gasteiger charge is -2.31. The van der Waals surface area contributed by atoms with Crippen molar-refractivity contribution in [1.82, 2.24) is 14.8 Å². The number of rotatable bonds is 5. The van der Waals surface area contributed by atoms with Gasteiger partial charge in [-0.15, -0.1) is 0 Å². The van der Waals surface area contributed by atoms with Crippen molar-refractivity contribution in [3.63, 3.8) is 0 Å². The van der Waals surface area contributed by atoms with E-state index in [1.165, 1.54) is 30.2 Å². The molecule has 1 saturated heterocycles. The number of ether oxygens (including phenoxy) is 1. The molecule has 0 atom stereocenters. The summed E-state index contributed by atoms with van der Waals surface area (Å²) in [6, 6.07) is 5.25. The average molecular weight is 452 g/mol. The van der Waals surface area contributed by atoms with Crippen molar-refractivity contribution < 1.29 is 24.0 Å². The van der Waals surface area contributed by atoms with E-state index < -0.39 is 22.8 Å². The lowest BCUT2D eigenvalue weighted by atomic mass is 10.1. The van der Waals surface area contributed by atoms with Gasteiger partial charge in [-0.25, -0.2) is 4.79 Å². The van der Waals surface area contributed by atoms with E-state index in [0.717, 1.165) is 31.4 Å². The second-order valence-electron chi connectivity index (χ2n) is 8.21. The number of carbonyl (C=O) groups excluding carboxylic acids is 3. The number of imide groups is 2. The van der Waals surface area contributed by atoms with Crippen molar-refractivity contribution in [2.45, 2.75) is 45.6 Å². The van der Waals surface area contributed by atoms with Crippen LogP contribution in [0.4, 0.5) is 10.5 Å². The fourth-order valence-electron chi connectivity index (χ4n) is 4.59. The zero-order valence-electron chi connectivity index (χ0n) is 18.6. The molecule has 0 spiro atoms. The van der Waals surface area contributed by atoms with Gasteiger partial charge in [-0.05, 0) is 50.5 Å². The monoisotopic (exact) mass is 452 g/mol. The predicted octanol–water partition coefficient (Wildman–Crippen LogP) is 3.42. The number of carbonyl (C=O) groups is 3. The van der Waals surface area contributed by atoms with Gasteiger partial charge in [0.05, 0.1) is 23.8 Å². The van der Waals surface area contributed by atoms with Crippen molar-refractivity contribution in [1.29, 1.82) is 0 Å². The van der Waals surface area contributed by atoms with Crippen molar-refractivity contribution in [2.24, 2.45) is 0 Å². The second kappa shape index (κ2) is 8.53. The first-order chi connectivity index (χ1) is 15.7. The fraction of sp³-hybridized carbons (Fsp3) is 0.348. The minimum absolute atomic E-state index is 0.0958. The number of nitrogens with one attached hydrogen (secondary N) is 1. The van der Waals surface area contributed by atoms with E-state index in [9.17, 15) is 24.5 Å². The SMILES string of the molecule is COc1cc([N+](=O)[O-])ccc1-n1c(C)cc(/C=C2\C(=O)NC(=O)N(C3CCCC3)C2=O)c1C. The fourth-order valence-corrected chi connectivity index (χ4v) is 4.59. The molecule has 0 radical (unpaired) electrons. The summed E-state index contributed by atoms with van der Waals surface area (Å²) in [5, 5.41) is 13.4. The summed E-state index contributed by atoms with van der Waals surface area (Å²) in [5.74, 6) is -1.000. The Labute approximate surface area is 190 Å². The molecule has 2 fully saturated rings. The maximum atomic E-state index is 13.1. The molecule has 0 unspecified atom stereocenters. The van der Waals surface area contributed by atoms with Gasteiger partial charge in [0, 0.05) is 23.5 Å². The van der Waals surface area contributed by atoms with Gasteiger partial charge in [0.1, 0.15) is 11.3 Å². The van der Waals surface area contributed by atoms with Crippen molar-refractivity contribution in [2.75, 3.05) is 7.11 Å². The molecule has 1 saturated carbocycles. The highest BCUT2D eigenvalue weighted by molar-refractivity contribution is 6.31. The Morgan fingerprint density at radius 1 is 1.15 bits per heavy atom. The molecule has 1 aromatic heterocycles. The topological polar surface area (TPSA) is 124 Å². The Morgan fingerprint density at radius 3 is 2.48 bits per heavy atom. The molecular formula is C23H24N4O6. The molecule has 1 aliphatic heterocycles. The Hall–Kier alpha value is -3.95. The number of non-ortho nitro benzene ring substituents is 1. The van der Waals surface area contributed by atoms with E-state index in [1.807, 2.05) is 18.4 Å². The molecule has 4 rings (SSSR count). The molecule has 1 aromatic carbocycles. The Kier molecular flexibility index (Phi) is 5.75. The molecule has 1 N–H and O–H groups in total. The Morgan fingerprint density at radius 2 is 1.85 bits per heavy atom. The smallest absolute Gasteiger partial charge is 0.331 e. The molecule has 33 heavy (non-hydrogen) atoms. The van der Waals surface area contributed by atoms with Crippen LogP contribution in [0.25, 0.3) is 11.8 Å². The van der Waals surface area contributed by atoms with E-state index in [2.05, 4.69) is 5.32 Å². The molecule has 172 valence electrons. The third-order valence-corrected chi connectivity index (χ3v) is 6.21. The maximum Gasteiger partial charge on any atom is 0.331 e. The third-order valence-electron chi connectivity index (χ3n) is 6.21. The number of nitro groups is 1. The number of methoxy groups -OCH3 is 1. The Bertz CT molecular complexity index is 1210. The first-order valence-corrected chi connectivity index (χ1v) is 10.6. The van der Waals surface area contributed by atoms with Gasteiger partial charge < -0.3 is 9.30 Å². The van der Waals surface area contributed by atoms with Crippen LogP contribution in [0.3, 0.4) is 0 Å². The largest absolute Gasteiger partial charge is 0.494 e. The Balaban J connectivity index is 1.75. The number of nitrogens with zero attached hydrogens (tertiary/aromatic N) is 3. The number of hydrogen-bond donors (Lipinski definition) is 1. The second-order valence-corrected chi connectivity index (χ2v) is 8.21. The minimum Gasteiger partial charge on any atom is -0.494 e. The van der Waals surface area contributed by atoms with Gasteiger partial charge in [0.15, 0.2) is 0 Å². The van der Waals surface area contributed by atoms with Crippen LogP contribution in [-0.2, 0) is 9.59 Å². The highest BCUT2D eigenvalue weighted by atomic mass is 16.6. The van der Waals surface area contributed by atoms with Crippen LogP contribution < -0.4 is 10.1 Å². The third kappa shape index (κ3) is 3.88. The van der Waals surface area contributed by atoms with Crippen LogP contribution in [0.5, 0.6) is 5.75 Å². The molecule has 2 aliphatic rings. The summed E-state index contributed by atoms with van der Waals surface area (Å²) in [5.41, 5.74) is 2.49. The lowest BCUT2D eigenvalue weighted by Crippen LogP contribution is -2.57. The average Bonchev–Trinajstić information content (AvgIpc) is 3.38. The number of nitro benzene ring substituents is 1. The number of hydrogen-bond acceptors (Lipinski definition) is 6. The number of amides is 4. The van der Waals surface area contributed by atoms with E-state index in [0.29, 0.717) is 22.7 Å². The molecule has 0 bridgehead atoms. The lowest BCUT2D eigenvalue weighted by molar-refractivity contribution is -0.384. The standard InChI is InChI=1S/C23H24N4O6/c1-13-10-15(14(2)25(13)19-9-8-17(27(31)32)12-20(19)33-3)11-18-21(28)24-23(30)26(22(18)29)16-6-4-5-7-16/h8-12,16H,4-7H2,1-3H3,(H,24,28,30)/b18-11+. The van der Waals surface area contributed by atoms with Crippen molar-refractivity contribution >= 4 is 29.6 Å². The van der Waals surface area contributed by atoms with E-state index >= 15 is 0 Å². The maximum absolute atomic E-state index is 13.1. The summed E-state index contributed by atoms with van der Waals surface area (Å²) < 4.78 is 7.21. The number of aromatic nitrogens is 1. The molecule has 10 nitrogen and oxygen atoms in total. The van der Waals surface area contributed by atoms with Crippen LogP contribution in [0, 0.1) is 24.0 Å². The predicted molar refractivity (Wildman–Crippen MR) is 119 cm³/mol. The number of urea groups is 1. The van der Waals surface area contributed by atoms with E-state index in [1.54, 1.807) is 12.1 Å². The molecular weight excluding hydrogens is 428 g/mol. The van der Waals surface area contributed by atoms with Crippen LogP contribution in [-0.4, -0.2) is 45.4 Å². The van der Waals surface area contributed by atoms with Gasteiger partial charge in [0.25, 0.3) is 17.5 Å². The van der Waals surface area contributed by atoms with Gasteiger partial charge >= 0.3 is 6.03 Å². The summed E-state index contributed by atoms with van der Waals surface area (Å²) in [6.45, 7) is 3.65. The molecule has 4 amide bonds. The number of aryl methyl sites for hydroxylation is 1. The highest BCUT2D eigenvalue weighted by Crippen LogP contribution is 2.33. The quantitative estimate of drug-likeness (QED) is 0.321. The van der Waals surface area contributed by atoms with E-state index in [-0.39, 0.29) is 17.3 Å².